The van der Waals surface area contributed by atoms with Crippen molar-refractivity contribution in [2.75, 3.05) is 18.0 Å². The Bertz CT molecular complexity index is 489. The van der Waals surface area contributed by atoms with Crippen LogP contribution >= 0.6 is 11.3 Å². The van der Waals surface area contributed by atoms with Crippen LogP contribution < -0.4 is 10.6 Å². The van der Waals surface area contributed by atoms with Crippen molar-refractivity contribution < 1.29 is 0 Å². The minimum atomic E-state index is 0.545. The maximum Gasteiger partial charge on any atom is 0.186 e. The normalized spacial score (nSPS) is 10.6. The third-order valence-electron chi connectivity index (χ3n) is 2.95. The second-order valence-electron chi connectivity index (χ2n) is 4.01. The first-order valence-corrected chi connectivity index (χ1v) is 7.11. The molecule has 0 aliphatic rings. The number of nitrogens with zero attached hydrogens (tertiary/aromatic N) is 2. The minimum Gasteiger partial charge on any atom is -0.349 e. The lowest BCUT2D eigenvalue weighted by atomic mass is 10.1. The molecule has 0 bridgehead atoms. The summed E-state index contributed by atoms with van der Waals surface area (Å²) in [5.41, 5.74) is 8.01. The van der Waals surface area contributed by atoms with Gasteiger partial charge in [-0.25, -0.2) is 4.98 Å². The van der Waals surface area contributed by atoms with E-state index in [0.717, 1.165) is 34.4 Å². The standard InChI is InChI=1S/C14H19N3S/c1-3-17(4-2)14-16-13(12(10-15)18-14)11-8-6-5-7-9-11/h5-9H,3-4,10,15H2,1-2H3. The molecule has 0 saturated carbocycles. The van der Waals surface area contributed by atoms with Crippen molar-refractivity contribution in [3.8, 4) is 11.3 Å². The molecule has 0 spiro atoms. The van der Waals surface area contributed by atoms with Gasteiger partial charge in [0.2, 0.25) is 0 Å². The van der Waals surface area contributed by atoms with Crippen LogP contribution in [0.15, 0.2) is 30.3 Å². The zero-order valence-electron chi connectivity index (χ0n) is 10.9. The lowest BCUT2D eigenvalue weighted by Crippen LogP contribution is -2.21. The fraction of sp³-hybridized carbons (Fsp3) is 0.357. The van der Waals surface area contributed by atoms with Gasteiger partial charge in [0, 0.05) is 30.1 Å². The molecule has 0 saturated heterocycles. The highest BCUT2D eigenvalue weighted by molar-refractivity contribution is 7.16. The molecule has 96 valence electrons. The number of anilines is 1. The molecule has 0 aliphatic heterocycles. The van der Waals surface area contributed by atoms with E-state index in [1.807, 2.05) is 18.2 Å². The Balaban J connectivity index is 2.42. The molecule has 2 rings (SSSR count). The van der Waals surface area contributed by atoms with Gasteiger partial charge in [-0.05, 0) is 13.8 Å². The van der Waals surface area contributed by atoms with E-state index < -0.39 is 0 Å². The highest BCUT2D eigenvalue weighted by Crippen LogP contribution is 2.32. The average molecular weight is 261 g/mol. The Kier molecular flexibility index (Phi) is 4.33. The number of benzene rings is 1. The van der Waals surface area contributed by atoms with Crippen molar-refractivity contribution in [1.82, 2.24) is 4.98 Å². The SMILES string of the molecule is CCN(CC)c1nc(-c2ccccc2)c(CN)s1. The zero-order valence-corrected chi connectivity index (χ0v) is 11.7. The molecule has 1 heterocycles. The third kappa shape index (κ3) is 2.54. The smallest absolute Gasteiger partial charge is 0.186 e. The molecule has 0 aliphatic carbocycles. The summed E-state index contributed by atoms with van der Waals surface area (Å²) in [6.07, 6.45) is 0. The van der Waals surface area contributed by atoms with Gasteiger partial charge in [0.25, 0.3) is 0 Å². The summed E-state index contributed by atoms with van der Waals surface area (Å²) >= 11 is 1.70. The molecule has 1 aromatic carbocycles. The molecule has 0 atom stereocenters. The Morgan fingerprint density at radius 1 is 1.17 bits per heavy atom. The van der Waals surface area contributed by atoms with Crippen LogP contribution in [0.2, 0.25) is 0 Å². The molecule has 2 aromatic rings. The van der Waals surface area contributed by atoms with E-state index in [1.165, 1.54) is 0 Å². The summed E-state index contributed by atoms with van der Waals surface area (Å²) in [6, 6.07) is 10.3. The molecule has 4 heteroatoms. The van der Waals surface area contributed by atoms with Crippen LogP contribution in [-0.2, 0) is 6.54 Å². The fourth-order valence-corrected chi connectivity index (χ4v) is 3.02. The molecule has 2 N–H and O–H groups in total. The molecular weight excluding hydrogens is 242 g/mol. The number of thiazole rings is 1. The molecule has 0 unspecified atom stereocenters. The van der Waals surface area contributed by atoms with Gasteiger partial charge in [-0.1, -0.05) is 41.7 Å². The van der Waals surface area contributed by atoms with Crippen molar-refractivity contribution in [3.63, 3.8) is 0 Å². The maximum absolute atomic E-state index is 5.84. The largest absolute Gasteiger partial charge is 0.349 e. The highest BCUT2D eigenvalue weighted by atomic mass is 32.1. The van der Waals surface area contributed by atoms with Crippen LogP contribution in [0.3, 0.4) is 0 Å². The van der Waals surface area contributed by atoms with Crippen molar-refractivity contribution in [3.05, 3.63) is 35.2 Å². The van der Waals surface area contributed by atoms with Crippen LogP contribution in [0, 0.1) is 0 Å². The quantitative estimate of drug-likeness (QED) is 0.899. The van der Waals surface area contributed by atoms with Crippen molar-refractivity contribution in [2.24, 2.45) is 5.73 Å². The third-order valence-corrected chi connectivity index (χ3v) is 4.09. The molecule has 0 fully saturated rings. The first-order chi connectivity index (χ1) is 8.80. The molecule has 3 nitrogen and oxygen atoms in total. The van der Waals surface area contributed by atoms with Crippen LogP contribution in [-0.4, -0.2) is 18.1 Å². The molecule has 1 aromatic heterocycles. The number of aromatic nitrogens is 1. The second kappa shape index (κ2) is 5.98. The molecule has 0 radical (unpaired) electrons. The van der Waals surface area contributed by atoms with Gasteiger partial charge >= 0.3 is 0 Å². The lowest BCUT2D eigenvalue weighted by Gasteiger charge is -2.16. The van der Waals surface area contributed by atoms with Gasteiger partial charge in [0.15, 0.2) is 5.13 Å². The van der Waals surface area contributed by atoms with E-state index in [2.05, 4.69) is 30.9 Å². The molecular formula is C14H19N3S. The zero-order chi connectivity index (χ0) is 13.0. The van der Waals surface area contributed by atoms with Crippen LogP contribution in [0.5, 0.6) is 0 Å². The monoisotopic (exact) mass is 261 g/mol. The predicted octanol–water partition coefficient (Wildman–Crippen LogP) is 3.12. The Hall–Kier alpha value is -1.39. The van der Waals surface area contributed by atoms with Gasteiger partial charge in [-0.2, -0.15) is 0 Å². The van der Waals surface area contributed by atoms with Crippen molar-refractivity contribution in [2.45, 2.75) is 20.4 Å². The van der Waals surface area contributed by atoms with E-state index in [1.54, 1.807) is 11.3 Å². The molecule has 18 heavy (non-hydrogen) atoms. The summed E-state index contributed by atoms with van der Waals surface area (Å²) < 4.78 is 0. The summed E-state index contributed by atoms with van der Waals surface area (Å²) in [5.74, 6) is 0. The molecule has 0 amide bonds. The van der Waals surface area contributed by atoms with Gasteiger partial charge < -0.3 is 10.6 Å². The van der Waals surface area contributed by atoms with Gasteiger partial charge in [-0.15, -0.1) is 0 Å². The average Bonchev–Trinajstić information content (AvgIpc) is 2.85. The van der Waals surface area contributed by atoms with Crippen LogP contribution in [0.25, 0.3) is 11.3 Å². The van der Waals surface area contributed by atoms with E-state index in [4.69, 9.17) is 10.7 Å². The van der Waals surface area contributed by atoms with E-state index in [9.17, 15) is 0 Å². The summed E-state index contributed by atoms with van der Waals surface area (Å²) in [7, 11) is 0. The topological polar surface area (TPSA) is 42.2 Å². The maximum atomic E-state index is 5.84. The van der Waals surface area contributed by atoms with E-state index in [-0.39, 0.29) is 0 Å². The van der Waals surface area contributed by atoms with E-state index in [0.29, 0.717) is 6.54 Å². The summed E-state index contributed by atoms with van der Waals surface area (Å²) in [5, 5.41) is 1.07. The lowest BCUT2D eigenvalue weighted by molar-refractivity contribution is 0.860. The first-order valence-electron chi connectivity index (χ1n) is 6.30. The Labute approximate surface area is 112 Å². The Morgan fingerprint density at radius 3 is 2.39 bits per heavy atom. The number of nitrogens with two attached hydrogens (primary N) is 1. The predicted molar refractivity (Wildman–Crippen MR) is 79.0 cm³/mol. The number of hydrogen-bond donors (Lipinski definition) is 1. The van der Waals surface area contributed by atoms with Gasteiger partial charge in [-0.3, -0.25) is 0 Å². The van der Waals surface area contributed by atoms with E-state index >= 15 is 0 Å². The first kappa shape index (κ1) is 13.1. The fourth-order valence-electron chi connectivity index (χ4n) is 1.93. The summed E-state index contributed by atoms with van der Waals surface area (Å²) in [4.78, 5) is 8.17. The van der Waals surface area contributed by atoms with Gasteiger partial charge in [0.1, 0.15) is 0 Å². The van der Waals surface area contributed by atoms with Gasteiger partial charge in [0.05, 0.1) is 5.69 Å². The number of rotatable bonds is 5. The van der Waals surface area contributed by atoms with Crippen LogP contribution in [0.4, 0.5) is 5.13 Å². The minimum absolute atomic E-state index is 0.545. The second-order valence-corrected chi connectivity index (χ2v) is 5.07. The van der Waals surface area contributed by atoms with Crippen LogP contribution in [0.1, 0.15) is 18.7 Å². The summed E-state index contributed by atoms with van der Waals surface area (Å²) in [6.45, 7) is 6.79. The Morgan fingerprint density at radius 2 is 1.83 bits per heavy atom. The highest BCUT2D eigenvalue weighted by Gasteiger charge is 2.14. The number of hydrogen-bond acceptors (Lipinski definition) is 4. The van der Waals surface area contributed by atoms with Crippen molar-refractivity contribution in [1.29, 1.82) is 0 Å². The van der Waals surface area contributed by atoms with Crippen molar-refractivity contribution >= 4 is 16.5 Å².